The van der Waals surface area contributed by atoms with Gasteiger partial charge in [0.15, 0.2) is 0 Å². The minimum atomic E-state index is -4.58. The predicted octanol–water partition coefficient (Wildman–Crippen LogP) is 4.62. The zero-order valence-corrected chi connectivity index (χ0v) is 21.7. The van der Waals surface area contributed by atoms with Gasteiger partial charge in [0.05, 0.1) is 36.3 Å². The van der Waals surface area contributed by atoms with Crippen molar-refractivity contribution in [2.75, 3.05) is 44.8 Å². The van der Waals surface area contributed by atoms with Gasteiger partial charge in [0, 0.05) is 43.2 Å². The van der Waals surface area contributed by atoms with Gasteiger partial charge in [0.2, 0.25) is 0 Å². The number of amides is 1. The second kappa shape index (κ2) is 11.8. The van der Waals surface area contributed by atoms with Crippen LogP contribution in [0.5, 0.6) is 5.75 Å². The first kappa shape index (κ1) is 27.3. The molecule has 0 spiro atoms. The van der Waals surface area contributed by atoms with Crippen molar-refractivity contribution in [3.8, 4) is 22.7 Å². The smallest absolute Gasteiger partial charge is 0.416 e. The molecule has 1 amide bonds. The summed E-state index contributed by atoms with van der Waals surface area (Å²) in [5, 5.41) is 11.0. The average Bonchev–Trinajstić information content (AvgIpc) is 3.45. The molecule has 0 saturated carbocycles. The van der Waals surface area contributed by atoms with E-state index in [0.717, 1.165) is 36.3 Å². The van der Waals surface area contributed by atoms with Gasteiger partial charge in [-0.05, 0) is 55.0 Å². The van der Waals surface area contributed by atoms with Crippen LogP contribution in [0.15, 0.2) is 67.1 Å². The minimum absolute atomic E-state index is 0.0662. The summed E-state index contributed by atoms with van der Waals surface area (Å²) in [6.07, 6.45) is 0.460. The number of benzene rings is 2. The molecule has 0 radical (unpaired) electrons. The Balaban J connectivity index is 1.36. The summed E-state index contributed by atoms with van der Waals surface area (Å²) in [5.41, 5.74) is 2.08. The molecule has 12 heteroatoms. The summed E-state index contributed by atoms with van der Waals surface area (Å²) in [6.45, 7) is 5.44. The number of hydrogen-bond acceptors (Lipinski definition) is 7. The van der Waals surface area contributed by atoms with Crippen molar-refractivity contribution in [3.63, 3.8) is 0 Å². The Morgan fingerprint density at radius 2 is 1.95 bits per heavy atom. The van der Waals surface area contributed by atoms with Crippen LogP contribution in [0.3, 0.4) is 0 Å². The Kier molecular flexibility index (Phi) is 8.08. The Hall–Kier alpha value is -4.29. The Morgan fingerprint density at radius 3 is 2.70 bits per heavy atom. The normalized spacial score (nSPS) is 14.2. The molecule has 0 bridgehead atoms. The molecule has 0 unspecified atom stereocenters. The van der Waals surface area contributed by atoms with Crippen molar-refractivity contribution in [1.29, 1.82) is 0 Å². The second-order valence-electron chi connectivity index (χ2n) is 9.26. The fraction of sp³-hybridized carbons (Fsp3) is 0.286. The van der Waals surface area contributed by atoms with Crippen LogP contribution in [0.1, 0.15) is 21.5 Å². The summed E-state index contributed by atoms with van der Waals surface area (Å²) in [6, 6.07) is 11.6. The first-order chi connectivity index (χ1) is 19.3. The van der Waals surface area contributed by atoms with Crippen LogP contribution in [0.2, 0.25) is 0 Å². The fourth-order valence-corrected chi connectivity index (χ4v) is 4.26. The van der Waals surface area contributed by atoms with Gasteiger partial charge in [-0.1, -0.05) is 11.3 Å². The molecule has 3 heterocycles. The fourth-order valence-electron chi connectivity index (χ4n) is 4.26. The number of morpholine rings is 1. The highest BCUT2D eigenvalue weighted by Gasteiger charge is 2.31. The number of aryl methyl sites for hydroxylation is 1. The van der Waals surface area contributed by atoms with Crippen molar-refractivity contribution in [3.05, 3.63) is 83.8 Å². The molecule has 0 atom stereocenters. The lowest BCUT2D eigenvalue weighted by atomic mass is 10.1. The molecule has 1 fully saturated rings. The van der Waals surface area contributed by atoms with E-state index in [1.54, 1.807) is 47.5 Å². The lowest BCUT2D eigenvalue weighted by Gasteiger charge is -2.26. The summed E-state index contributed by atoms with van der Waals surface area (Å²) >= 11 is 0. The quantitative estimate of drug-likeness (QED) is 0.341. The van der Waals surface area contributed by atoms with E-state index in [4.69, 9.17) is 9.47 Å². The summed E-state index contributed by atoms with van der Waals surface area (Å²) < 4.78 is 53.1. The van der Waals surface area contributed by atoms with E-state index in [9.17, 15) is 18.0 Å². The maximum atomic E-state index is 13.5. The number of carbonyl (C=O) groups excluding carboxylic acids is 1. The highest BCUT2D eigenvalue weighted by molar-refractivity contribution is 6.05. The van der Waals surface area contributed by atoms with Gasteiger partial charge in [-0.15, -0.1) is 5.10 Å². The molecule has 2 aromatic heterocycles. The number of halogens is 3. The second-order valence-corrected chi connectivity index (χ2v) is 9.26. The number of anilines is 1. The molecule has 1 saturated heterocycles. The van der Waals surface area contributed by atoms with Gasteiger partial charge >= 0.3 is 6.18 Å². The molecular formula is C28H27F3N6O3. The standard InChI is InChI=1S/C28H27F3N6O3/c1-19-4-5-20(15-25(19)37-18-24(34-35-37)21-3-2-8-32-17-21)27(38)33-23-16-22(28(29,30)31)6-7-26(23)40-14-11-36-9-12-39-13-10-36/h2-8,15-18H,9-14H2,1H3,(H,33,38). The van der Waals surface area contributed by atoms with E-state index in [1.165, 1.54) is 6.07 Å². The van der Waals surface area contributed by atoms with Gasteiger partial charge in [-0.25, -0.2) is 4.68 Å². The van der Waals surface area contributed by atoms with Gasteiger partial charge in [0.25, 0.3) is 5.91 Å². The van der Waals surface area contributed by atoms with Crippen LogP contribution in [0, 0.1) is 6.92 Å². The van der Waals surface area contributed by atoms with E-state index in [1.807, 2.05) is 13.0 Å². The van der Waals surface area contributed by atoms with Crippen molar-refractivity contribution in [2.45, 2.75) is 13.1 Å². The van der Waals surface area contributed by atoms with Gasteiger partial charge in [-0.2, -0.15) is 13.2 Å². The van der Waals surface area contributed by atoms with Crippen LogP contribution in [0.25, 0.3) is 16.9 Å². The molecule has 1 N–H and O–H groups in total. The molecular weight excluding hydrogens is 525 g/mol. The van der Waals surface area contributed by atoms with E-state index in [-0.39, 0.29) is 23.6 Å². The number of alkyl halides is 3. The molecule has 9 nitrogen and oxygen atoms in total. The highest BCUT2D eigenvalue weighted by Crippen LogP contribution is 2.35. The maximum Gasteiger partial charge on any atom is 0.416 e. The Bertz CT molecular complexity index is 1470. The third-order valence-corrected chi connectivity index (χ3v) is 6.49. The largest absolute Gasteiger partial charge is 0.490 e. The summed E-state index contributed by atoms with van der Waals surface area (Å²) in [5.74, 6) is -0.439. The molecule has 4 aromatic rings. The van der Waals surface area contributed by atoms with Gasteiger partial charge < -0.3 is 14.8 Å². The number of ether oxygens (including phenoxy) is 2. The van der Waals surface area contributed by atoms with Gasteiger partial charge in [-0.3, -0.25) is 14.7 Å². The predicted molar refractivity (Wildman–Crippen MR) is 141 cm³/mol. The number of carbonyl (C=O) groups is 1. The number of nitrogens with zero attached hydrogens (tertiary/aromatic N) is 5. The zero-order chi connectivity index (χ0) is 28.1. The third kappa shape index (κ3) is 6.46. The molecule has 208 valence electrons. The molecule has 5 rings (SSSR count). The molecule has 2 aromatic carbocycles. The number of pyridine rings is 1. The van der Waals surface area contributed by atoms with Gasteiger partial charge in [0.1, 0.15) is 18.1 Å². The van der Waals surface area contributed by atoms with Crippen LogP contribution >= 0.6 is 0 Å². The first-order valence-corrected chi connectivity index (χ1v) is 12.7. The number of aromatic nitrogens is 4. The number of rotatable bonds is 8. The molecule has 1 aliphatic heterocycles. The minimum Gasteiger partial charge on any atom is -0.490 e. The molecule has 40 heavy (non-hydrogen) atoms. The van der Waals surface area contributed by atoms with Crippen molar-refractivity contribution in [2.24, 2.45) is 0 Å². The SMILES string of the molecule is Cc1ccc(C(=O)Nc2cc(C(F)(F)F)ccc2OCCN2CCOCC2)cc1-n1cc(-c2cccnc2)nn1. The maximum absolute atomic E-state index is 13.5. The lowest BCUT2D eigenvalue weighted by Crippen LogP contribution is -2.38. The first-order valence-electron chi connectivity index (χ1n) is 12.7. The van der Waals surface area contributed by atoms with Crippen LogP contribution in [0.4, 0.5) is 18.9 Å². The number of hydrogen-bond donors (Lipinski definition) is 1. The summed E-state index contributed by atoms with van der Waals surface area (Å²) in [4.78, 5) is 19.5. The van der Waals surface area contributed by atoms with Crippen LogP contribution < -0.4 is 10.1 Å². The van der Waals surface area contributed by atoms with E-state index in [2.05, 4.69) is 25.5 Å². The van der Waals surface area contributed by atoms with Crippen LogP contribution in [-0.2, 0) is 10.9 Å². The third-order valence-electron chi connectivity index (χ3n) is 6.49. The summed E-state index contributed by atoms with van der Waals surface area (Å²) in [7, 11) is 0. The van der Waals surface area contributed by atoms with Crippen molar-refractivity contribution >= 4 is 11.6 Å². The van der Waals surface area contributed by atoms with Crippen molar-refractivity contribution < 1.29 is 27.4 Å². The average molecular weight is 553 g/mol. The van der Waals surface area contributed by atoms with E-state index >= 15 is 0 Å². The highest BCUT2D eigenvalue weighted by atomic mass is 19.4. The van der Waals surface area contributed by atoms with E-state index in [0.29, 0.717) is 31.1 Å². The monoisotopic (exact) mass is 552 g/mol. The molecule has 1 aliphatic rings. The Morgan fingerprint density at radius 1 is 1.12 bits per heavy atom. The lowest BCUT2D eigenvalue weighted by molar-refractivity contribution is -0.137. The van der Waals surface area contributed by atoms with E-state index < -0.39 is 17.6 Å². The Labute approximate surface area is 228 Å². The number of nitrogens with one attached hydrogen (secondary N) is 1. The molecule has 0 aliphatic carbocycles. The topological polar surface area (TPSA) is 94.4 Å². The van der Waals surface area contributed by atoms with Crippen molar-refractivity contribution in [1.82, 2.24) is 24.9 Å². The zero-order valence-electron chi connectivity index (χ0n) is 21.7. The van der Waals surface area contributed by atoms with Crippen LogP contribution in [-0.4, -0.2) is 70.2 Å².